The van der Waals surface area contributed by atoms with E-state index in [2.05, 4.69) is 51.4 Å². The van der Waals surface area contributed by atoms with Crippen molar-refractivity contribution in [1.29, 1.82) is 0 Å². The maximum absolute atomic E-state index is 4.48. The van der Waals surface area contributed by atoms with E-state index in [-0.39, 0.29) is 0 Å². The van der Waals surface area contributed by atoms with E-state index >= 15 is 0 Å². The number of allylic oxidation sites excluding steroid dienone is 4. The molecule has 0 amide bonds. The Labute approximate surface area is 85.9 Å². The molecule has 0 nitrogen and oxygen atoms in total. The van der Waals surface area contributed by atoms with Gasteiger partial charge < -0.3 is 0 Å². The molecule has 0 spiro atoms. The molecular weight excluding hydrogens is 203 g/mol. The topological polar surface area (TPSA) is 0 Å². The van der Waals surface area contributed by atoms with Crippen LogP contribution in [0.25, 0.3) is 5.57 Å². The van der Waals surface area contributed by atoms with Gasteiger partial charge in [0.25, 0.3) is 0 Å². The van der Waals surface area contributed by atoms with Gasteiger partial charge in [0.1, 0.15) is 0 Å². The molecule has 13 heavy (non-hydrogen) atoms. The second-order valence-corrected chi connectivity index (χ2v) is 3.31. The monoisotopic (exact) mass is 212 g/mol. The summed E-state index contributed by atoms with van der Waals surface area (Å²) in [6, 6.07) is 8.49. The summed E-state index contributed by atoms with van der Waals surface area (Å²) in [5.41, 5.74) is 4.06. The summed E-state index contributed by atoms with van der Waals surface area (Å²) in [6.45, 7) is 0. The fourth-order valence-electron chi connectivity index (χ4n) is 1.60. The number of hydrogen-bond acceptors (Lipinski definition) is 0. The van der Waals surface area contributed by atoms with Gasteiger partial charge in [-0.2, -0.15) is 0 Å². The quantitative estimate of drug-likeness (QED) is 0.662. The Kier molecular flexibility index (Phi) is 2.56. The maximum atomic E-state index is 4.48. The molecule has 0 aromatic heterocycles. The third kappa shape index (κ3) is 1.71. The SMILES string of the molecule is [Ni]=[CH]/C=C\C1=CCc2ccccc21. The van der Waals surface area contributed by atoms with Crippen molar-refractivity contribution in [3.8, 4) is 0 Å². The molecule has 0 N–H and O–H groups in total. The zero-order valence-electron chi connectivity index (χ0n) is 7.14. The Hall–Kier alpha value is -0.936. The number of rotatable bonds is 2. The molecule has 1 aromatic rings. The molecule has 0 atom stereocenters. The van der Waals surface area contributed by atoms with Crippen molar-refractivity contribution in [3.63, 3.8) is 0 Å². The standard InChI is InChI=1S/C12H10.Ni/c1-2-5-10-8-9-11-6-3-4-7-12(10)11;/h1-8H,9H2;/b5-2-;. The van der Waals surface area contributed by atoms with E-state index in [1.54, 1.807) is 4.99 Å². The molecule has 0 bridgehead atoms. The van der Waals surface area contributed by atoms with Gasteiger partial charge in [-0.25, -0.2) is 0 Å². The Balaban J connectivity index is 2.35. The predicted octanol–water partition coefficient (Wildman–Crippen LogP) is 2.53. The molecule has 1 aliphatic rings. The summed E-state index contributed by atoms with van der Waals surface area (Å²) in [5.74, 6) is 0. The van der Waals surface area contributed by atoms with E-state index in [0.717, 1.165) is 6.42 Å². The Morgan fingerprint density at radius 1 is 1.23 bits per heavy atom. The van der Waals surface area contributed by atoms with Gasteiger partial charge in [0, 0.05) is 0 Å². The molecule has 0 unspecified atom stereocenters. The van der Waals surface area contributed by atoms with Gasteiger partial charge in [-0.1, -0.05) is 0 Å². The third-order valence-corrected chi connectivity index (χ3v) is 2.40. The van der Waals surface area contributed by atoms with Crippen molar-refractivity contribution in [2.75, 3.05) is 0 Å². The Bertz CT molecular complexity index is 386. The molecule has 1 heteroatoms. The molecular formula is C12H10Ni. The van der Waals surface area contributed by atoms with Crippen LogP contribution in [0.15, 0.2) is 42.5 Å². The Morgan fingerprint density at radius 3 is 2.92 bits per heavy atom. The molecule has 0 saturated heterocycles. The molecule has 0 fully saturated rings. The summed E-state index contributed by atoms with van der Waals surface area (Å²) >= 11 is 4.48. The zero-order chi connectivity index (χ0) is 9.10. The van der Waals surface area contributed by atoms with E-state index < -0.39 is 0 Å². The Morgan fingerprint density at radius 2 is 2.08 bits per heavy atom. The molecule has 2 rings (SSSR count). The summed E-state index contributed by atoms with van der Waals surface area (Å²) < 4.78 is 0. The van der Waals surface area contributed by atoms with Gasteiger partial charge in [-0.3, -0.25) is 0 Å². The minimum atomic E-state index is 1.05. The number of hydrogen-bond donors (Lipinski definition) is 0. The first kappa shape index (κ1) is 8.65. The van der Waals surface area contributed by atoms with Gasteiger partial charge in [-0.15, -0.1) is 0 Å². The van der Waals surface area contributed by atoms with Crippen molar-refractivity contribution >= 4 is 10.6 Å². The molecule has 0 heterocycles. The van der Waals surface area contributed by atoms with Crippen molar-refractivity contribution < 1.29 is 15.0 Å². The van der Waals surface area contributed by atoms with E-state index in [1.165, 1.54) is 16.7 Å². The van der Waals surface area contributed by atoms with Crippen LogP contribution in [0, 0.1) is 0 Å². The van der Waals surface area contributed by atoms with Crippen molar-refractivity contribution in [1.82, 2.24) is 0 Å². The molecule has 68 valence electrons. The first-order valence-electron chi connectivity index (χ1n) is 4.27. The normalized spacial score (nSPS) is 14.5. The molecule has 1 aromatic carbocycles. The molecule has 0 saturated carbocycles. The fourth-order valence-corrected chi connectivity index (χ4v) is 1.70. The van der Waals surface area contributed by atoms with E-state index in [9.17, 15) is 0 Å². The minimum absolute atomic E-state index is 1.05. The molecule has 0 aliphatic heterocycles. The van der Waals surface area contributed by atoms with Crippen LogP contribution in [0.1, 0.15) is 11.1 Å². The third-order valence-electron chi connectivity index (χ3n) is 2.21. The number of benzene rings is 1. The van der Waals surface area contributed by atoms with Crippen LogP contribution in [0.3, 0.4) is 0 Å². The van der Waals surface area contributed by atoms with Crippen molar-refractivity contribution in [2.45, 2.75) is 6.42 Å². The van der Waals surface area contributed by atoms with Crippen LogP contribution >= 0.6 is 0 Å². The summed E-state index contributed by atoms with van der Waals surface area (Å²) in [7, 11) is 0. The van der Waals surface area contributed by atoms with E-state index in [4.69, 9.17) is 0 Å². The van der Waals surface area contributed by atoms with Crippen LogP contribution < -0.4 is 0 Å². The van der Waals surface area contributed by atoms with Crippen LogP contribution in [-0.4, -0.2) is 4.99 Å². The van der Waals surface area contributed by atoms with Gasteiger partial charge in [-0.05, 0) is 0 Å². The average Bonchev–Trinajstić information content (AvgIpc) is 2.58. The van der Waals surface area contributed by atoms with Crippen molar-refractivity contribution in [2.24, 2.45) is 0 Å². The summed E-state index contributed by atoms with van der Waals surface area (Å²) in [6.07, 6.45) is 7.30. The summed E-state index contributed by atoms with van der Waals surface area (Å²) in [5, 5.41) is 0. The second kappa shape index (κ2) is 3.85. The van der Waals surface area contributed by atoms with Gasteiger partial charge >= 0.3 is 85.6 Å². The zero-order valence-corrected chi connectivity index (χ0v) is 8.13. The summed E-state index contributed by atoms with van der Waals surface area (Å²) in [4.78, 5) is 1.68. The van der Waals surface area contributed by atoms with Crippen LogP contribution in [0.4, 0.5) is 0 Å². The van der Waals surface area contributed by atoms with Crippen LogP contribution in [0.5, 0.6) is 0 Å². The van der Waals surface area contributed by atoms with Crippen LogP contribution in [0.2, 0.25) is 0 Å². The van der Waals surface area contributed by atoms with E-state index in [1.807, 2.05) is 6.08 Å². The van der Waals surface area contributed by atoms with Gasteiger partial charge in [0.15, 0.2) is 0 Å². The second-order valence-electron chi connectivity index (χ2n) is 2.99. The van der Waals surface area contributed by atoms with Crippen molar-refractivity contribution in [3.05, 3.63) is 53.6 Å². The molecule has 1 aliphatic carbocycles. The first-order valence-corrected chi connectivity index (χ1v) is 4.84. The first-order chi connectivity index (χ1) is 6.42. The fraction of sp³-hybridized carbons (Fsp3) is 0.0833. The van der Waals surface area contributed by atoms with Gasteiger partial charge in [0.2, 0.25) is 0 Å². The van der Waals surface area contributed by atoms with Gasteiger partial charge in [0.05, 0.1) is 0 Å². The van der Waals surface area contributed by atoms with E-state index in [0.29, 0.717) is 0 Å². The van der Waals surface area contributed by atoms with Crippen LogP contribution in [-0.2, 0) is 21.5 Å². The average molecular weight is 213 g/mol. The number of fused-ring (bicyclic) bond motifs is 1. The predicted molar refractivity (Wildman–Crippen MR) is 53.3 cm³/mol. The molecule has 0 radical (unpaired) electrons.